The van der Waals surface area contributed by atoms with Crippen LogP contribution in [-0.2, 0) is 9.59 Å². The summed E-state index contributed by atoms with van der Waals surface area (Å²) in [5.74, 6) is 3.82. The van der Waals surface area contributed by atoms with Gasteiger partial charge in [0.1, 0.15) is 11.5 Å². The van der Waals surface area contributed by atoms with Crippen molar-refractivity contribution in [3.63, 3.8) is 0 Å². The highest BCUT2D eigenvalue weighted by Gasteiger charge is 2.31. The minimum Gasteiger partial charge on any atom is -0.460 e. The first kappa shape index (κ1) is 31.4. The number of hydrogen-bond acceptors (Lipinski definition) is 12. The van der Waals surface area contributed by atoms with Crippen molar-refractivity contribution in [1.82, 2.24) is 39.2 Å². The summed E-state index contributed by atoms with van der Waals surface area (Å²) in [6.07, 6.45) is 6.97. The highest BCUT2D eigenvalue weighted by Crippen LogP contribution is 2.32. The molecule has 47 heavy (non-hydrogen) atoms. The molecule has 4 N–H and O–H groups in total. The lowest BCUT2D eigenvalue weighted by atomic mass is 10.3. The van der Waals surface area contributed by atoms with E-state index in [9.17, 15) is 9.59 Å². The van der Waals surface area contributed by atoms with Gasteiger partial charge in [0.25, 0.3) is 0 Å². The van der Waals surface area contributed by atoms with Gasteiger partial charge in [-0.25, -0.2) is 19.0 Å². The van der Waals surface area contributed by atoms with Gasteiger partial charge in [-0.1, -0.05) is 0 Å². The summed E-state index contributed by atoms with van der Waals surface area (Å²) in [6.45, 7) is 5.14. The van der Waals surface area contributed by atoms with Gasteiger partial charge in [0, 0.05) is 18.8 Å². The van der Waals surface area contributed by atoms with Gasteiger partial charge in [-0.05, 0) is 79.7 Å². The molecule has 17 heteroatoms. The summed E-state index contributed by atoms with van der Waals surface area (Å²) in [5, 5.41) is 21.3. The molecule has 8 rings (SSSR count). The Morgan fingerprint density at radius 2 is 1.28 bits per heavy atom. The van der Waals surface area contributed by atoms with Crippen LogP contribution in [0.3, 0.4) is 0 Å². The van der Waals surface area contributed by atoms with Crippen LogP contribution in [-0.4, -0.2) is 51.0 Å². The van der Waals surface area contributed by atoms with Crippen LogP contribution in [0.5, 0.6) is 0 Å². The Balaban J connectivity index is 0.000000152. The van der Waals surface area contributed by atoms with Crippen molar-refractivity contribution >= 4 is 56.6 Å². The quantitative estimate of drug-likeness (QED) is 0.210. The topological polar surface area (TPSA) is 220 Å². The van der Waals surface area contributed by atoms with Gasteiger partial charge in [-0.2, -0.15) is 15.2 Å². The van der Waals surface area contributed by atoms with Crippen LogP contribution in [0.15, 0.2) is 50.2 Å². The fourth-order valence-electron chi connectivity index (χ4n) is 4.49. The van der Waals surface area contributed by atoms with Gasteiger partial charge in [-0.15, -0.1) is 10.2 Å². The second-order valence-electron chi connectivity index (χ2n) is 10.9. The largest absolute Gasteiger partial charge is 0.460 e. The number of amides is 2. The molecule has 240 valence electrons. The third-order valence-corrected chi connectivity index (χ3v) is 7.31. The third kappa shape index (κ3) is 7.28. The Morgan fingerprint density at radius 1 is 0.830 bits per heavy atom. The molecule has 0 atom stereocenters. The molecular formula is C30H29BrN12O4. The van der Waals surface area contributed by atoms with Crippen LogP contribution in [0.25, 0.3) is 34.2 Å². The zero-order valence-corrected chi connectivity index (χ0v) is 27.1. The van der Waals surface area contributed by atoms with Gasteiger partial charge >= 0.3 is 0 Å². The number of nitrogens with zero attached hydrogens (tertiary/aromatic N) is 9. The summed E-state index contributed by atoms with van der Waals surface area (Å²) in [4.78, 5) is 41.2. The number of halogens is 1. The lowest BCUT2D eigenvalue weighted by molar-refractivity contribution is -0.118. The predicted molar refractivity (Wildman–Crippen MR) is 173 cm³/mol. The van der Waals surface area contributed by atoms with Gasteiger partial charge in [0.15, 0.2) is 45.8 Å². The molecule has 16 nitrogen and oxygen atoms in total. The first-order valence-electron chi connectivity index (χ1n) is 14.6. The molecule has 0 spiro atoms. The van der Waals surface area contributed by atoms with Crippen molar-refractivity contribution in [2.75, 3.05) is 16.4 Å². The zero-order valence-electron chi connectivity index (χ0n) is 25.6. The molecule has 2 fully saturated rings. The minimum absolute atomic E-state index is 0.00685. The number of nitriles is 1. The molecule has 2 aliphatic carbocycles. The van der Waals surface area contributed by atoms with E-state index in [0.717, 1.165) is 37.2 Å². The Bertz CT molecular complexity index is 2000. The number of aryl methyl sites for hydroxylation is 2. The maximum absolute atomic E-state index is 11.9. The smallest absolute Gasteiger partial charge is 0.240 e. The van der Waals surface area contributed by atoms with E-state index in [1.54, 1.807) is 29.0 Å². The Hall–Kier alpha value is -5.63. The van der Waals surface area contributed by atoms with E-state index in [-0.39, 0.29) is 29.6 Å². The lowest BCUT2D eigenvalue weighted by Gasteiger charge is -2.06. The summed E-state index contributed by atoms with van der Waals surface area (Å²) in [7, 11) is 0. The Kier molecular flexibility index (Phi) is 8.68. The van der Waals surface area contributed by atoms with Crippen LogP contribution in [0.4, 0.5) is 17.6 Å². The highest BCUT2D eigenvalue weighted by atomic mass is 79.9. The predicted octanol–water partition coefficient (Wildman–Crippen LogP) is 4.96. The van der Waals surface area contributed by atoms with Crippen molar-refractivity contribution in [2.45, 2.75) is 46.5 Å². The summed E-state index contributed by atoms with van der Waals surface area (Å²) in [6, 6.07) is 9.07. The van der Waals surface area contributed by atoms with E-state index in [1.165, 1.54) is 11.4 Å². The maximum Gasteiger partial charge on any atom is 0.240 e. The summed E-state index contributed by atoms with van der Waals surface area (Å²) < 4.78 is 14.8. The van der Waals surface area contributed by atoms with E-state index in [2.05, 4.69) is 56.7 Å². The summed E-state index contributed by atoms with van der Waals surface area (Å²) >= 11 is 3.26. The Morgan fingerprint density at radius 3 is 1.70 bits per heavy atom. The normalized spacial score (nSPS) is 13.7. The second kappa shape index (κ2) is 13.0. The molecule has 0 bridgehead atoms. The molecule has 0 saturated heterocycles. The minimum atomic E-state index is -0.0264. The van der Waals surface area contributed by atoms with Crippen LogP contribution in [0, 0.1) is 37.0 Å². The van der Waals surface area contributed by atoms with Crippen molar-refractivity contribution < 1.29 is 18.4 Å². The molecule has 6 aromatic rings. The number of furan rings is 2. The molecule has 2 aliphatic rings. The van der Waals surface area contributed by atoms with Crippen LogP contribution in [0.2, 0.25) is 0 Å². The molecule has 6 aromatic heterocycles. The SMILES string of the molecule is CC#N.Cc1ccc(-c2nc(NC(=O)C3CC3)cn3nc(Br)nc23)o1.Cc1ccc(-c2nc(NC(=O)C3CC3)cn3nc(N)nc23)o1. The number of carbonyl (C=O) groups excluding carboxylic acids is 2. The van der Waals surface area contributed by atoms with E-state index >= 15 is 0 Å². The van der Waals surface area contributed by atoms with Crippen LogP contribution in [0.1, 0.15) is 44.1 Å². The van der Waals surface area contributed by atoms with E-state index in [4.69, 9.17) is 19.8 Å². The standard InChI is InChI=1S/C14H12BrN5O2.C14H14N6O2.C2H3N/c2*1-7-2-5-9(22-7)11-12-18-14(15)19-20(12)6-10(16-11)17-13(21)8-3-4-8;1-2-3/h2,5-6,8H,3-4H2,1H3,(H,17,21);2,5-6,8H,3-4H2,1H3,(H2,15,19)(H,17,21);1H3. The van der Waals surface area contributed by atoms with Crippen molar-refractivity contribution in [2.24, 2.45) is 11.8 Å². The molecule has 6 heterocycles. The first-order valence-corrected chi connectivity index (χ1v) is 15.4. The molecule has 0 unspecified atom stereocenters. The van der Waals surface area contributed by atoms with Gasteiger partial charge in [-0.3, -0.25) is 9.59 Å². The van der Waals surface area contributed by atoms with Crippen molar-refractivity contribution in [1.29, 1.82) is 5.26 Å². The van der Waals surface area contributed by atoms with Gasteiger partial charge < -0.3 is 25.2 Å². The number of nitrogen functional groups attached to an aromatic ring is 1. The molecular weight excluding hydrogens is 672 g/mol. The molecule has 0 aromatic carbocycles. The number of nitrogens with one attached hydrogen (secondary N) is 2. The fourth-order valence-corrected chi connectivity index (χ4v) is 4.83. The van der Waals surface area contributed by atoms with Crippen LogP contribution < -0.4 is 16.4 Å². The van der Waals surface area contributed by atoms with Crippen molar-refractivity contribution in [3.05, 3.63) is 52.9 Å². The van der Waals surface area contributed by atoms with Gasteiger partial charge in [0.05, 0.1) is 18.5 Å². The zero-order chi connectivity index (χ0) is 33.2. The molecule has 2 amide bonds. The van der Waals surface area contributed by atoms with E-state index in [0.29, 0.717) is 50.6 Å². The van der Waals surface area contributed by atoms with Gasteiger partial charge in [0.2, 0.25) is 22.5 Å². The number of fused-ring (bicyclic) bond motifs is 2. The fraction of sp³-hybridized carbons (Fsp3) is 0.300. The van der Waals surface area contributed by atoms with E-state index in [1.807, 2.05) is 32.0 Å². The third-order valence-electron chi connectivity index (χ3n) is 6.98. The molecule has 0 aliphatic heterocycles. The highest BCUT2D eigenvalue weighted by molar-refractivity contribution is 9.10. The average Bonchev–Trinajstić information content (AvgIpc) is 3.90. The molecule has 0 radical (unpaired) electrons. The number of hydrogen-bond donors (Lipinski definition) is 3. The number of carbonyl (C=O) groups is 2. The number of rotatable bonds is 6. The lowest BCUT2D eigenvalue weighted by Crippen LogP contribution is -2.15. The van der Waals surface area contributed by atoms with Crippen molar-refractivity contribution in [3.8, 4) is 29.0 Å². The number of aromatic nitrogens is 8. The first-order chi connectivity index (χ1) is 22.6. The number of nitrogens with two attached hydrogens (primary N) is 1. The monoisotopic (exact) mass is 700 g/mol. The average molecular weight is 702 g/mol. The number of anilines is 3. The second-order valence-corrected chi connectivity index (χ2v) is 11.6. The van der Waals surface area contributed by atoms with E-state index < -0.39 is 0 Å². The molecule has 2 saturated carbocycles. The Labute approximate surface area is 275 Å². The summed E-state index contributed by atoms with van der Waals surface area (Å²) in [5.41, 5.74) is 7.74. The maximum atomic E-state index is 11.9. The van der Waals surface area contributed by atoms with Crippen LogP contribution >= 0.6 is 15.9 Å².